The van der Waals surface area contributed by atoms with Crippen molar-refractivity contribution >= 4 is 0 Å². The van der Waals surface area contributed by atoms with E-state index in [-0.39, 0.29) is 6.04 Å². The van der Waals surface area contributed by atoms with Crippen molar-refractivity contribution in [3.05, 3.63) is 29.8 Å². The Hall–Kier alpha value is -1.06. The summed E-state index contributed by atoms with van der Waals surface area (Å²) in [6.45, 7) is 3.22. The second-order valence-electron chi connectivity index (χ2n) is 4.46. The van der Waals surface area contributed by atoms with E-state index in [1.54, 1.807) is 0 Å². The lowest BCUT2D eigenvalue weighted by atomic mass is 9.96. The normalized spacial score (nSPS) is 17.5. The van der Waals surface area contributed by atoms with Gasteiger partial charge in [-0.25, -0.2) is 0 Å². The van der Waals surface area contributed by atoms with Gasteiger partial charge in [0.2, 0.25) is 0 Å². The first-order valence-corrected chi connectivity index (χ1v) is 6.40. The van der Waals surface area contributed by atoms with E-state index >= 15 is 0 Å². The van der Waals surface area contributed by atoms with Crippen LogP contribution in [0.3, 0.4) is 0 Å². The summed E-state index contributed by atoms with van der Waals surface area (Å²) in [6.07, 6.45) is 4.08. The van der Waals surface area contributed by atoms with E-state index in [9.17, 15) is 0 Å². The topological polar surface area (TPSA) is 44.5 Å². The quantitative estimate of drug-likeness (QED) is 0.824. The summed E-state index contributed by atoms with van der Waals surface area (Å²) in [6, 6.07) is 7.83. The molecule has 2 N–H and O–H groups in total. The molecule has 1 atom stereocenters. The number of rotatable bonds is 6. The summed E-state index contributed by atoms with van der Waals surface area (Å²) in [5, 5.41) is 0. The fraction of sp³-hybridized carbons (Fsp3) is 0.571. The summed E-state index contributed by atoms with van der Waals surface area (Å²) in [4.78, 5) is 0. The lowest BCUT2D eigenvalue weighted by molar-refractivity contribution is -0.00470. The molecule has 0 spiro atoms. The van der Waals surface area contributed by atoms with Crippen LogP contribution in [0.4, 0.5) is 0 Å². The first kappa shape index (κ1) is 12.4. The first-order chi connectivity index (χ1) is 8.31. The molecule has 3 nitrogen and oxygen atoms in total. The third kappa shape index (κ3) is 3.20. The Morgan fingerprint density at radius 1 is 1.35 bits per heavy atom. The molecule has 1 unspecified atom stereocenters. The highest BCUT2D eigenvalue weighted by Gasteiger charge is 2.20. The average Bonchev–Trinajstić information content (AvgIpc) is 2.28. The van der Waals surface area contributed by atoms with Crippen molar-refractivity contribution < 1.29 is 9.47 Å². The van der Waals surface area contributed by atoms with Gasteiger partial charge in [0.15, 0.2) is 0 Å². The fourth-order valence-electron chi connectivity index (χ4n) is 1.94. The average molecular weight is 235 g/mol. The van der Waals surface area contributed by atoms with Crippen molar-refractivity contribution in [1.82, 2.24) is 0 Å². The van der Waals surface area contributed by atoms with Crippen molar-refractivity contribution in [2.24, 2.45) is 5.73 Å². The number of ether oxygens (including phenoxy) is 2. The van der Waals surface area contributed by atoms with Crippen molar-refractivity contribution in [2.75, 3.05) is 13.2 Å². The third-order valence-corrected chi connectivity index (χ3v) is 3.18. The lowest BCUT2D eigenvalue weighted by Gasteiger charge is -2.27. The van der Waals surface area contributed by atoms with Crippen LogP contribution >= 0.6 is 0 Å². The maximum Gasteiger partial charge on any atom is 0.124 e. The summed E-state index contributed by atoms with van der Waals surface area (Å²) in [7, 11) is 0. The Morgan fingerprint density at radius 3 is 2.76 bits per heavy atom. The van der Waals surface area contributed by atoms with Crippen LogP contribution in [0.25, 0.3) is 0 Å². The maximum absolute atomic E-state index is 6.15. The molecule has 0 bridgehead atoms. The van der Waals surface area contributed by atoms with Gasteiger partial charge in [-0.15, -0.1) is 0 Å². The van der Waals surface area contributed by atoms with Crippen LogP contribution in [0.2, 0.25) is 0 Å². The molecule has 1 aliphatic rings. The third-order valence-electron chi connectivity index (χ3n) is 3.18. The molecule has 0 aromatic heterocycles. The number of hydrogen-bond donors (Lipinski definition) is 1. The van der Waals surface area contributed by atoms with Gasteiger partial charge in [-0.3, -0.25) is 0 Å². The Balaban J connectivity index is 1.93. The van der Waals surface area contributed by atoms with Crippen molar-refractivity contribution in [2.45, 2.75) is 38.3 Å². The smallest absolute Gasteiger partial charge is 0.124 e. The Bertz CT molecular complexity index is 350. The number of benzene rings is 1. The number of hydrogen-bond acceptors (Lipinski definition) is 3. The van der Waals surface area contributed by atoms with Gasteiger partial charge in [-0.1, -0.05) is 18.2 Å². The zero-order valence-electron chi connectivity index (χ0n) is 10.4. The van der Waals surface area contributed by atoms with Crippen LogP contribution in [0.1, 0.15) is 37.8 Å². The summed E-state index contributed by atoms with van der Waals surface area (Å²) in [5.41, 5.74) is 7.18. The van der Waals surface area contributed by atoms with Crippen molar-refractivity contribution in [3.8, 4) is 5.75 Å². The maximum atomic E-state index is 6.15. The van der Waals surface area contributed by atoms with Gasteiger partial charge in [-0.2, -0.15) is 0 Å². The molecule has 1 fully saturated rings. The minimum atomic E-state index is -0.0988. The van der Waals surface area contributed by atoms with E-state index in [0.717, 1.165) is 11.3 Å². The second kappa shape index (κ2) is 6.03. The van der Waals surface area contributed by atoms with Gasteiger partial charge in [0.05, 0.1) is 25.4 Å². The zero-order chi connectivity index (χ0) is 12.1. The Kier molecular flexibility index (Phi) is 4.40. The second-order valence-corrected chi connectivity index (χ2v) is 4.46. The van der Waals surface area contributed by atoms with E-state index in [4.69, 9.17) is 15.2 Å². The molecule has 2 rings (SSSR count). The molecule has 0 amide bonds. The predicted molar refractivity (Wildman–Crippen MR) is 68.1 cm³/mol. The fourth-order valence-corrected chi connectivity index (χ4v) is 1.94. The molecule has 94 valence electrons. The van der Waals surface area contributed by atoms with E-state index in [0.29, 0.717) is 19.3 Å². The van der Waals surface area contributed by atoms with Crippen LogP contribution in [-0.4, -0.2) is 19.3 Å². The monoisotopic (exact) mass is 235 g/mol. The highest BCUT2D eigenvalue weighted by atomic mass is 16.5. The van der Waals surface area contributed by atoms with E-state index in [2.05, 4.69) is 0 Å². The molecule has 1 aromatic rings. The molecule has 0 aliphatic heterocycles. The number of para-hydroxylation sites is 1. The summed E-state index contributed by atoms with van der Waals surface area (Å²) < 4.78 is 11.3. The molecule has 17 heavy (non-hydrogen) atoms. The molecular weight excluding hydrogens is 214 g/mol. The van der Waals surface area contributed by atoms with Crippen LogP contribution in [0.15, 0.2) is 24.3 Å². The molecule has 1 saturated carbocycles. The minimum absolute atomic E-state index is 0.0988. The van der Waals surface area contributed by atoms with Gasteiger partial charge in [0, 0.05) is 5.56 Å². The van der Waals surface area contributed by atoms with Crippen LogP contribution < -0.4 is 10.5 Å². The van der Waals surface area contributed by atoms with E-state index in [1.165, 1.54) is 19.3 Å². The summed E-state index contributed by atoms with van der Waals surface area (Å²) in [5.74, 6) is 0.875. The largest absolute Gasteiger partial charge is 0.494 e. The van der Waals surface area contributed by atoms with Crippen LogP contribution in [0, 0.1) is 0 Å². The molecule has 3 heteroatoms. The van der Waals surface area contributed by atoms with E-state index in [1.807, 2.05) is 31.2 Å². The van der Waals surface area contributed by atoms with Gasteiger partial charge in [-0.05, 0) is 32.3 Å². The molecule has 0 heterocycles. The standard InChI is InChI=1S/C14H21NO2/c1-2-16-14-9-4-3-8-12(14)13(15)10-17-11-6-5-7-11/h3-4,8-9,11,13H,2,5-7,10,15H2,1H3. The van der Waals surface area contributed by atoms with Crippen LogP contribution in [0.5, 0.6) is 5.75 Å². The predicted octanol–water partition coefficient (Wildman–Crippen LogP) is 2.65. The van der Waals surface area contributed by atoms with Gasteiger partial charge in [0.1, 0.15) is 5.75 Å². The van der Waals surface area contributed by atoms with E-state index < -0.39 is 0 Å². The van der Waals surface area contributed by atoms with Crippen molar-refractivity contribution in [1.29, 1.82) is 0 Å². The molecule has 1 aromatic carbocycles. The zero-order valence-corrected chi connectivity index (χ0v) is 10.4. The summed E-state index contributed by atoms with van der Waals surface area (Å²) >= 11 is 0. The van der Waals surface area contributed by atoms with Crippen molar-refractivity contribution in [3.63, 3.8) is 0 Å². The molecular formula is C14H21NO2. The minimum Gasteiger partial charge on any atom is -0.494 e. The SMILES string of the molecule is CCOc1ccccc1C(N)COC1CCC1. The van der Waals surface area contributed by atoms with Crippen LogP contribution in [-0.2, 0) is 4.74 Å². The molecule has 0 radical (unpaired) electrons. The highest BCUT2D eigenvalue weighted by Crippen LogP contribution is 2.26. The molecule has 0 saturated heterocycles. The highest BCUT2D eigenvalue weighted by molar-refractivity contribution is 5.35. The first-order valence-electron chi connectivity index (χ1n) is 6.40. The molecule has 1 aliphatic carbocycles. The lowest BCUT2D eigenvalue weighted by Crippen LogP contribution is -2.27. The van der Waals surface area contributed by atoms with Gasteiger partial charge >= 0.3 is 0 Å². The van der Waals surface area contributed by atoms with Gasteiger partial charge in [0.25, 0.3) is 0 Å². The Labute approximate surface area is 103 Å². The Morgan fingerprint density at radius 2 is 2.12 bits per heavy atom. The van der Waals surface area contributed by atoms with Gasteiger partial charge < -0.3 is 15.2 Å². The number of nitrogens with two attached hydrogens (primary N) is 1.